The molecule has 0 fully saturated rings. The standard InChI is InChI=1S/C28H21ClN2O4/c29-20-9-11-24-22(14-20)23(28(34)31-24)15-21-10-12-26(35-21)18-7-4-8-19(13-18)27(33)30-16-25(32)17-5-2-1-3-6-17/h1-15,25,32H,16H2,(H,30,33)(H,31,34)/b23-15+. The highest BCUT2D eigenvalue weighted by Gasteiger charge is 2.24. The van der Waals surface area contributed by atoms with Crippen LogP contribution in [0.5, 0.6) is 0 Å². The topological polar surface area (TPSA) is 91.6 Å². The van der Waals surface area contributed by atoms with Gasteiger partial charge in [0.05, 0.1) is 11.7 Å². The molecular formula is C28H21ClN2O4. The highest BCUT2D eigenvalue weighted by molar-refractivity contribution is 6.36. The van der Waals surface area contributed by atoms with Crippen LogP contribution in [-0.4, -0.2) is 23.5 Å². The van der Waals surface area contributed by atoms with Crippen LogP contribution in [0.2, 0.25) is 5.02 Å². The van der Waals surface area contributed by atoms with Crippen molar-refractivity contribution in [2.75, 3.05) is 11.9 Å². The Bertz CT molecular complexity index is 1440. The summed E-state index contributed by atoms with van der Waals surface area (Å²) in [4.78, 5) is 25.1. The molecule has 4 aromatic rings. The summed E-state index contributed by atoms with van der Waals surface area (Å²) in [5, 5.41) is 16.4. The van der Waals surface area contributed by atoms with Crippen LogP contribution in [0.3, 0.4) is 0 Å². The van der Waals surface area contributed by atoms with E-state index in [1.165, 1.54) is 0 Å². The molecule has 0 aliphatic carbocycles. The van der Waals surface area contributed by atoms with Gasteiger partial charge in [-0.3, -0.25) is 9.59 Å². The lowest BCUT2D eigenvalue weighted by atomic mass is 10.1. The van der Waals surface area contributed by atoms with Gasteiger partial charge >= 0.3 is 0 Å². The Balaban J connectivity index is 1.32. The molecule has 1 aromatic heterocycles. The number of carbonyl (C=O) groups excluding carboxylic acids is 2. The van der Waals surface area contributed by atoms with Gasteiger partial charge in [0.15, 0.2) is 0 Å². The summed E-state index contributed by atoms with van der Waals surface area (Å²) in [6.45, 7) is 0.0963. The van der Waals surface area contributed by atoms with Crippen molar-refractivity contribution in [3.63, 3.8) is 0 Å². The first-order valence-corrected chi connectivity index (χ1v) is 11.4. The van der Waals surface area contributed by atoms with Gasteiger partial charge in [0, 0.05) is 33.9 Å². The molecule has 1 unspecified atom stereocenters. The van der Waals surface area contributed by atoms with Crippen molar-refractivity contribution in [3.8, 4) is 11.3 Å². The zero-order valence-corrected chi connectivity index (χ0v) is 19.3. The fourth-order valence-electron chi connectivity index (χ4n) is 3.93. The number of furan rings is 1. The van der Waals surface area contributed by atoms with E-state index in [2.05, 4.69) is 10.6 Å². The first-order chi connectivity index (χ1) is 17.0. The quantitative estimate of drug-likeness (QED) is 0.313. The van der Waals surface area contributed by atoms with Gasteiger partial charge in [-0.2, -0.15) is 0 Å². The highest BCUT2D eigenvalue weighted by Crippen LogP contribution is 2.35. The Labute approximate surface area is 206 Å². The number of benzene rings is 3. The number of nitrogens with one attached hydrogen (secondary N) is 2. The smallest absolute Gasteiger partial charge is 0.256 e. The summed E-state index contributed by atoms with van der Waals surface area (Å²) in [7, 11) is 0. The maximum absolute atomic E-state index is 12.7. The average molecular weight is 485 g/mol. The Morgan fingerprint density at radius 3 is 2.69 bits per heavy atom. The Morgan fingerprint density at radius 1 is 1.03 bits per heavy atom. The molecule has 2 amide bonds. The predicted molar refractivity (Wildman–Crippen MR) is 136 cm³/mol. The van der Waals surface area contributed by atoms with Crippen molar-refractivity contribution in [1.82, 2.24) is 5.32 Å². The molecule has 0 bridgehead atoms. The normalized spacial score (nSPS) is 14.5. The molecule has 0 saturated carbocycles. The van der Waals surface area contributed by atoms with Gasteiger partial charge in [-0.05, 0) is 54.1 Å². The first-order valence-electron chi connectivity index (χ1n) is 11.0. The number of halogens is 1. The highest BCUT2D eigenvalue weighted by atomic mass is 35.5. The van der Waals surface area contributed by atoms with Crippen LogP contribution in [-0.2, 0) is 4.79 Å². The van der Waals surface area contributed by atoms with E-state index >= 15 is 0 Å². The molecular weight excluding hydrogens is 464 g/mol. The number of anilines is 1. The summed E-state index contributed by atoms with van der Waals surface area (Å²) in [5.74, 6) is 0.530. The number of fused-ring (bicyclic) bond motifs is 1. The van der Waals surface area contributed by atoms with Gasteiger partial charge in [0.25, 0.3) is 11.8 Å². The SMILES string of the molecule is O=C1Nc2ccc(Cl)cc2/C1=C\c1ccc(-c2cccc(C(=O)NCC(O)c3ccccc3)c2)o1. The Kier molecular flexibility index (Phi) is 6.23. The molecule has 3 aromatic carbocycles. The lowest BCUT2D eigenvalue weighted by molar-refractivity contribution is -0.110. The van der Waals surface area contributed by atoms with E-state index < -0.39 is 6.10 Å². The average Bonchev–Trinajstić information content (AvgIpc) is 3.47. The molecule has 1 aliphatic heterocycles. The van der Waals surface area contributed by atoms with Crippen molar-refractivity contribution in [2.24, 2.45) is 0 Å². The first kappa shape index (κ1) is 22.7. The second-order valence-electron chi connectivity index (χ2n) is 8.12. The molecule has 7 heteroatoms. The van der Waals surface area contributed by atoms with Gasteiger partial charge in [-0.25, -0.2) is 0 Å². The minimum atomic E-state index is -0.795. The molecule has 35 heavy (non-hydrogen) atoms. The van der Waals surface area contributed by atoms with Crippen LogP contribution in [0.1, 0.15) is 33.3 Å². The van der Waals surface area contributed by atoms with E-state index in [9.17, 15) is 14.7 Å². The van der Waals surface area contributed by atoms with E-state index in [0.717, 1.165) is 11.1 Å². The van der Waals surface area contributed by atoms with Gasteiger partial charge in [0.1, 0.15) is 11.5 Å². The minimum Gasteiger partial charge on any atom is -0.457 e. The third-order valence-corrected chi connectivity index (χ3v) is 5.96. The predicted octanol–water partition coefficient (Wildman–Crippen LogP) is 5.56. The zero-order chi connectivity index (χ0) is 24.4. The van der Waals surface area contributed by atoms with Crippen LogP contribution in [0.25, 0.3) is 23.0 Å². The number of hydrogen-bond donors (Lipinski definition) is 3. The molecule has 0 spiro atoms. The molecule has 174 valence electrons. The second kappa shape index (κ2) is 9.62. The van der Waals surface area contributed by atoms with Crippen LogP contribution in [0.15, 0.2) is 89.3 Å². The molecule has 2 heterocycles. The zero-order valence-electron chi connectivity index (χ0n) is 18.5. The van der Waals surface area contributed by atoms with Gasteiger partial charge in [-0.1, -0.05) is 54.1 Å². The van der Waals surface area contributed by atoms with Crippen molar-refractivity contribution >= 4 is 40.8 Å². The van der Waals surface area contributed by atoms with Crippen molar-refractivity contribution < 1.29 is 19.1 Å². The van der Waals surface area contributed by atoms with Gasteiger partial charge < -0.3 is 20.2 Å². The largest absolute Gasteiger partial charge is 0.457 e. The summed E-state index contributed by atoms with van der Waals surface area (Å²) < 4.78 is 5.95. The van der Waals surface area contributed by atoms with E-state index in [0.29, 0.717) is 38.9 Å². The summed E-state index contributed by atoms with van der Waals surface area (Å²) in [6, 6.07) is 25.0. The number of carbonyl (C=O) groups is 2. The molecule has 0 radical (unpaired) electrons. The lowest BCUT2D eigenvalue weighted by Gasteiger charge is -2.12. The Hall–Kier alpha value is -4.13. The van der Waals surface area contributed by atoms with Gasteiger partial charge in [0.2, 0.25) is 0 Å². The summed E-state index contributed by atoms with van der Waals surface area (Å²) in [6.07, 6.45) is 0.875. The summed E-state index contributed by atoms with van der Waals surface area (Å²) >= 11 is 6.10. The molecule has 1 aliphatic rings. The number of rotatable bonds is 6. The van der Waals surface area contributed by atoms with E-state index in [1.807, 2.05) is 36.4 Å². The maximum Gasteiger partial charge on any atom is 0.256 e. The second-order valence-corrected chi connectivity index (χ2v) is 8.56. The lowest BCUT2D eigenvalue weighted by Crippen LogP contribution is -2.28. The van der Waals surface area contributed by atoms with E-state index in [4.69, 9.17) is 16.0 Å². The third kappa shape index (κ3) is 4.89. The third-order valence-electron chi connectivity index (χ3n) is 5.73. The molecule has 3 N–H and O–H groups in total. The monoisotopic (exact) mass is 484 g/mol. The van der Waals surface area contributed by atoms with Crippen LogP contribution in [0.4, 0.5) is 5.69 Å². The van der Waals surface area contributed by atoms with E-state index in [-0.39, 0.29) is 18.4 Å². The number of hydrogen-bond acceptors (Lipinski definition) is 4. The number of aliphatic hydroxyl groups is 1. The van der Waals surface area contributed by atoms with Crippen molar-refractivity contribution in [3.05, 3.63) is 112 Å². The fourth-order valence-corrected chi connectivity index (χ4v) is 4.10. The van der Waals surface area contributed by atoms with Crippen LogP contribution < -0.4 is 10.6 Å². The molecule has 6 nitrogen and oxygen atoms in total. The molecule has 5 rings (SSSR count). The minimum absolute atomic E-state index is 0.0963. The Morgan fingerprint density at radius 2 is 1.86 bits per heavy atom. The van der Waals surface area contributed by atoms with Crippen molar-refractivity contribution in [2.45, 2.75) is 6.10 Å². The number of amides is 2. The molecule has 1 atom stereocenters. The molecule has 0 saturated heterocycles. The van der Waals surface area contributed by atoms with E-state index in [1.54, 1.807) is 54.6 Å². The van der Waals surface area contributed by atoms with Crippen molar-refractivity contribution in [1.29, 1.82) is 0 Å². The van der Waals surface area contributed by atoms with Gasteiger partial charge in [-0.15, -0.1) is 0 Å². The maximum atomic E-state index is 12.7. The van der Waals surface area contributed by atoms with Crippen LogP contribution in [0, 0.1) is 0 Å². The summed E-state index contributed by atoms with van der Waals surface area (Å²) in [5.41, 5.74) is 3.78. The number of aliphatic hydroxyl groups excluding tert-OH is 1. The fraction of sp³-hybridized carbons (Fsp3) is 0.0714. The van der Waals surface area contributed by atoms with Crippen LogP contribution >= 0.6 is 11.6 Å².